The first kappa shape index (κ1) is 28.4. The Bertz CT molecular complexity index is 1190. The number of nitrogens with zero attached hydrogens (tertiary/aromatic N) is 4. The van der Waals surface area contributed by atoms with Crippen LogP contribution in [0, 0.1) is 10.8 Å². The number of hydrazine groups is 2. The number of piperidine rings is 2. The first-order chi connectivity index (χ1) is 20.5. The fourth-order valence-corrected chi connectivity index (χ4v) is 6.98. The molecule has 4 saturated heterocycles. The van der Waals surface area contributed by atoms with Gasteiger partial charge < -0.3 is 0 Å². The first-order valence-corrected chi connectivity index (χ1v) is 15.2. The molecule has 2 aromatic carbocycles. The molecular formula is C32H42N8O2. The first-order valence-electron chi connectivity index (χ1n) is 15.2. The predicted octanol–water partition coefficient (Wildman–Crippen LogP) is 3.09. The zero-order valence-electron chi connectivity index (χ0n) is 24.3. The highest BCUT2D eigenvalue weighted by atomic mass is 16.2. The van der Waals surface area contributed by atoms with Crippen LogP contribution < -0.4 is 21.7 Å². The van der Waals surface area contributed by atoms with Gasteiger partial charge in [-0.1, -0.05) is 60.7 Å². The summed E-state index contributed by atoms with van der Waals surface area (Å²) in [7, 11) is 0. The van der Waals surface area contributed by atoms with Crippen LogP contribution >= 0.6 is 0 Å². The number of carbonyl (C=O) groups excluding carboxylic acids is 2. The van der Waals surface area contributed by atoms with E-state index >= 15 is 0 Å². The Labute approximate surface area is 248 Å². The van der Waals surface area contributed by atoms with Gasteiger partial charge in [0.25, 0.3) is 0 Å². The van der Waals surface area contributed by atoms with E-state index < -0.39 is 0 Å². The van der Waals surface area contributed by atoms with E-state index in [1.165, 1.54) is 11.1 Å². The highest BCUT2D eigenvalue weighted by molar-refractivity contribution is 5.91. The average Bonchev–Trinajstić information content (AvgIpc) is 3.26. The molecule has 0 unspecified atom stereocenters. The number of amides is 2. The molecule has 0 atom stereocenters. The van der Waals surface area contributed by atoms with Crippen molar-refractivity contribution in [1.29, 1.82) is 0 Å². The quantitative estimate of drug-likeness (QED) is 0.411. The summed E-state index contributed by atoms with van der Waals surface area (Å²) in [6, 6.07) is 21.1. The Morgan fingerprint density at radius 1 is 0.548 bits per heavy atom. The van der Waals surface area contributed by atoms with Crippen molar-refractivity contribution in [2.45, 2.75) is 64.5 Å². The molecular weight excluding hydrogens is 528 g/mol. The number of amidine groups is 2. The third-order valence-electron chi connectivity index (χ3n) is 9.47. The Morgan fingerprint density at radius 3 is 1.31 bits per heavy atom. The van der Waals surface area contributed by atoms with Crippen LogP contribution in [0.5, 0.6) is 0 Å². The molecule has 4 fully saturated rings. The van der Waals surface area contributed by atoms with E-state index in [1.54, 1.807) is 0 Å². The highest BCUT2D eigenvalue weighted by Gasteiger charge is 2.41. The van der Waals surface area contributed by atoms with E-state index in [0.29, 0.717) is 37.4 Å². The van der Waals surface area contributed by atoms with Gasteiger partial charge in [-0.15, -0.1) is 10.2 Å². The van der Waals surface area contributed by atoms with Crippen LogP contribution in [0.1, 0.15) is 62.5 Å². The number of likely N-dealkylation sites (tertiary alicyclic amines) is 2. The summed E-state index contributed by atoms with van der Waals surface area (Å²) < 4.78 is 0. The van der Waals surface area contributed by atoms with Crippen LogP contribution in [0.3, 0.4) is 0 Å². The number of hydrogen-bond donors (Lipinski definition) is 4. The summed E-state index contributed by atoms with van der Waals surface area (Å²) in [5, 5.41) is 9.19. The lowest BCUT2D eigenvalue weighted by molar-refractivity contribution is -0.125. The minimum absolute atomic E-state index is 0.00886. The fourth-order valence-electron chi connectivity index (χ4n) is 6.98. The highest BCUT2D eigenvalue weighted by Crippen LogP contribution is 2.41. The van der Waals surface area contributed by atoms with Crippen molar-refractivity contribution < 1.29 is 9.59 Å². The van der Waals surface area contributed by atoms with Crippen molar-refractivity contribution in [3.63, 3.8) is 0 Å². The van der Waals surface area contributed by atoms with Crippen LogP contribution in [0.15, 0.2) is 70.9 Å². The normalized spacial score (nSPS) is 24.9. The number of carbonyl (C=O) groups is 2. The summed E-state index contributed by atoms with van der Waals surface area (Å²) in [5.41, 5.74) is 14.0. The van der Waals surface area contributed by atoms with Crippen molar-refractivity contribution in [1.82, 2.24) is 31.5 Å². The van der Waals surface area contributed by atoms with E-state index in [4.69, 9.17) is 0 Å². The Hall–Kier alpha value is -3.76. The third-order valence-corrected chi connectivity index (χ3v) is 9.47. The molecule has 0 aromatic heterocycles. The van der Waals surface area contributed by atoms with Crippen molar-refractivity contribution >= 4 is 23.5 Å². The Balaban J connectivity index is 1.10. The van der Waals surface area contributed by atoms with E-state index in [9.17, 15) is 9.59 Å². The molecule has 10 nitrogen and oxygen atoms in total. The van der Waals surface area contributed by atoms with Crippen molar-refractivity contribution in [2.24, 2.45) is 21.0 Å². The number of hydrogen-bond acceptors (Lipinski definition) is 6. The molecule has 2 amide bonds. The van der Waals surface area contributed by atoms with Gasteiger partial charge in [0.2, 0.25) is 11.8 Å². The molecule has 222 valence electrons. The second kappa shape index (κ2) is 12.6. The molecule has 10 heteroatoms. The van der Waals surface area contributed by atoms with Crippen LogP contribution in [0.25, 0.3) is 0 Å². The lowest BCUT2D eigenvalue weighted by Gasteiger charge is -2.40. The topological polar surface area (TPSA) is 113 Å². The second-order valence-corrected chi connectivity index (χ2v) is 12.7. The van der Waals surface area contributed by atoms with Crippen molar-refractivity contribution in [3.8, 4) is 0 Å². The van der Waals surface area contributed by atoms with Gasteiger partial charge in [-0.25, -0.2) is 0 Å². The van der Waals surface area contributed by atoms with Crippen molar-refractivity contribution in [3.05, 3.63) is 71.8 Å². The summed E-state index contributed by atoms with van der Waals surface area (Å²) in [4.78, 5) is 30.3. The Kier molecular flexibility index (Phi) is 8.53. The standard InChI is InChI=1S/C32H42N8O2/c41-29-21-31(11-15-39(16-12-31)23-25-7-3-1-4-8-25)19-27(35-37-29)33-34-28-20-32(22-30(42)38-36-28)13-17-40(18-14-32)24-26-9-5-2-6-10-26/h1-10H,11-24H2,(H,33,35)(H,34,36)(H,37,41)(H,38,42). The number of benzene rings is 2. The lowest BCUT2D eigenvalue weighted by Crippen LogP contribution is -2.41. The molecule has 0 saturated carbocycles. The predicted molar refractivity (Wildman–Crippen MR) is 163 cm³/mol. The maximum Gasteiger partial charge on any atom is 0.238 e. The van der Waals surface area contributed by atoms with E-state index in [0.717, 1.165) is 65.0 Å². The maximum absolute atomic E-state index is 12.7. The molecule has 42 heavy (non-hydrogen) atoms. The third kappa shape index (κ3) is 7.17. The smallest absolute Gasteiger partial charge is 0.238 e. The van der Waals surface area contributed by atoms with Gasteiger partial charge in [-0.3, -0.25) is 41.1 Å². The van der Waals surface area contributed by atoms with E-state index in [1.807, 2.05) is 12.1 Å². The van der Waals surface area contributed by atoms with Gasteiger partial charge in [-0.05, 0) is 73.8 Å². The minimum atomic E-state index is -0.141. The number of nitrogens with one attached hydrogen (secondary N) is 4. The van der Waals surface area contributed by atoms with Crippen molar-refractivity contribution in [2.75, 3.05) is 26.2 Å². The molecule has 2 aromatic rings. The summed E-state index contributed by atoms with van der Waals surface area (Å²) in [5.74, 6) is 1.30. The number of rotatable bonds is 5. The summed E-state index contributed by atoms with van der Waals surface area (Å²) in [6.45, 7) is 5.64. The monoisotopic (exact) mass is 570 g/mol. The van der Waals surface area contributed by atoms with Gasteiger partial charge >= 0.3 is 0 Å². The maximum atomic E-state index is 12.7. The molecule has 2 spiro atoms. The molecule has 6 rings (SSSR count). The zero-order chi connectivity index (χ0) is 28.8. The van der Waals surface area contributed by atoms with Crippen LogP contribution in [0.4, 0.5) is 0 Å². The minimum Gasteiger partial charge on any atom is -0.299 e. The lowest BCUT2D eigenvalue weighted by atomic mass is 9.72. The van der Waals surface area contributed by atoms with E-state index in [2.05, 4.69) is 90.2 Å². The van der Waals surface area contributed by atoms with Crippen LogP contribution in [0.2, 0.25) is 0 Å². The van der Waals surface area contributed by atoms with Crippen LogP contribution in [-0.4, -0.2) is 59.5 Å². The average molecular weight is 571 g/mol. The fraction of sp³-hybridized carbons (Fsp3) is 0.500. The molecule has 4 heterocycles. The molecule has 0 aliphatic carbocycles. The van der Waals surface area contributed by atoms with Crippen LogP contribution in [-0.2, 0) is 22.7 Å². The van der Waals surface area contributed by atoms with Gasteiger partial charge in [0.15, 0.2) is 0 Å². The van der Waals surface area contributed by atoms with E-state index in [-0.39, 0.29) is 22.6 Å². The second-order valence-electron chi connectivity index (χ2n) is 12.7. The van der Waals surface area contributed by atoms with Gasteiger partial charge in [-0.2, -0.15) is 0 Å². The molecule has 0 radical (unpaired) electrons. The largest absolute Gasteiger partial charge is 0.299 e. The SMILES string of the molecule is O=C1CC2(CCN(Cc3ccccc3)CC2)C/C(=N/N=C2\CC3(CCN(Cc4ccccc4)CC3)CC(=O)NN2)NN1. The Morgan fingerprint density at radius 2 is 0.929 bits per heavy atom. The van der Waals surface area contributed by atoms with Gasteiger partial charge in [0.1, 0.15) is 11.7 Å². The zero-order valence-corrected chi connectivity index (χ0v) is 24.3. The summed E-state index contributed by atoms with van der Waals surface area (Å²) in [6.07, 6.45) is 6.00. The van der Waals surface area contributed by atoms with Gasteiger partial charge in [0, 0.05) is 38.8 Å². The molecule has 4 aliphatic heterocycles. The molecule has 4 aliphatic rings. The molecule has 0 bridgehead atoms. The molecule has 4 N–H and O–H groups in total. The van der Waals surface area contributed by atoms with Gasteiger partial charge in [0.05, 0.1) is 0 Å². The summed E-state index contributed by atoms with van der Waals surface area (Å²) >= 11 is 0.